The van der Waals surface area contributed by atoms with Crippen LogP contribution < -0.4 is 0 Å². The summed E-state index contributed by atoms with van der Waals surface area (Å²) in [7, 11) is 0. The Kier molecular flexibility index (Phi) is 0.842. The molecule has 2 fully saturated rings. The zero-order valence-corrected chi connectivity index (χ0v) is 5.81. The molecule has 0 saturated heterocycles. The van der Waals surface area contributed by atoms with Crippen molar-refractivity contribution in [3.63, 3.8) is 0 Å². The standard InChI is InChI=1S/C8H12O/c1-8-5-3-2-4-6(8)7(8)9/h6H,2-5H2,1H3. The number of rotatable bonds is 0. The van der Waals surface area contributed by atoms with E-state index in [1.54, 1.807) is 0 Å². The summed E-state index contributed by atoms with van der Waals surface area (Å²) in [5.41, 5.74) is 0.165. The van der Waals surface area contributed by atoms with Crippen LogP contribution in [0.3, 0.4) is 0 Å². The van der Waals surface area contributed by atoms with Gasteiger partial charge in [-0.15, -0.1) is 0 Å². The predicted molar refractivity (Wildman–Crippen MR) is 35.1 cm³/mol. The fraction of sp³-hybridized carbons (Fsp3) is 0.875. The van der Waals surface area contributed by atoms with Gasteiger partial charge in [0.15, 0.2) is 0 Å². The minimum atomic E-state index is 0.165. The van der Waals surface area contributed by atoms with Crippen molar-refractivity contribution in [1.29, 1.82) is 0 Å². The van der Waals surface area contributed by atoms with Crippen LogP contribution in [0.25, 0.3) is 0 Å². The average molecular weight is 124 g/mol. The Hall–Kier alpha value is -0.330. The molecule has 9 heavy (non-hydrogen) atoms. The van der Waals surface area contributed by atoms with E-state index in [9.17, 15) is 4.79 Å². The molecule has 0 aliphatic heterocycles. The third-order valence-electron chi connectivity index (χ3n) is 3.00. The number of carbonyl (C=O) groups excluding carboxylic acids is 1. The predicted octanol–water partition coefficient (Wildman–Crippen LogP) is 1.77. The smallest absolute Gasteiger partial charge is 0.143 e. The Labute approximate surface area is 55.4 Å². The van der Waals surface area contributed by atoms with Gasteiger partial charge in [0.05, 0.1) is 0 Å². The largest absolute Gasteiger partial charge is 0.299 e. The van der Waals surface area contributed by atoms with Gasteiger partial charge in [-0.2, -0.15) is 0 Å². The van der Waals surface area contributed by atoms with Crippen LogP contribution >= 0.6 is 0 Å². The van der Waals surface area contributed by atoms with E-state index in [1.165, 1.54) is 19.3 Å². The van der Waals surface area contributed by atoms with Gasteiger partial charge in [-0.25, -0.2) is 0 Å². The maximum absolute atomic E-state index is 11.0. The van der Waals surface area contributed by atoms with E-state index >= 15 is 0 Å². The van der Waals surface area contributed by atoms with Crippen LogP contribution in [-0.4, -0.2) is 5.78 Å². The SMILES string of the molecule is CC12CCCCC1C2=O. The first-order valence-corrected chi connectivity index (χ1v) is 3.79. The average Bonchev–Trinajstić information content (AvgIpc) is 2.38. The van der Waals surface area contributed by atoms with Crippen LogP contribution in [0.4, 0.5) is 0 Å². The lowest BCUT2D eigenvalue weighted by Crippen LogP contribution is -2.03. The number of Topliss-reactive ketones (excluding diaryl/α,β-unsaturated/α-hetero) is 1. The van der Waals surface area contributed by atoms with E-state index in [-0.39, 0.29) is 5.41 Å². The van der Waals surface area contributed by atoms with Gasteiger partial charge in [-0.3, -0.25) is 4.79 Å². The van der Waals surface area contributed by atoms with Gasteiger partial charge >= 0.3 is 0 Å². The minimum Gasteiger partial charge on any atom is -0.299 e. The summed E-state index contributed by atoms with van der Waals surface area (Å²) in [5.74, 6) is 1.02. The highest BCUT2D eigenvalue weighted by Crippen LogP contribution is 2.56. The summed E-state index contributed by atoms with van der Waals surface area (Å²) in [6.45, 7) is 2.12. The van der Waals surface area contributed by atoms with Crippen LogP contribution in [-0.2, 0) is 4.79 Å². The van der Waals surface area contributed by atoms with E-state index in [1.807, 2.05) is 0 Å². The van der Waals surface area contributed by atoms with Crippen molar-refractivity contribution in [2.45, 2.75) is 32.6 Å². The lowest BCUT2D eigenvalue weighted by molar-refractivity contribution is -0.113. The number of hydrogen-bond donors (Lipinski definition) is 0. The molecule has 2 unspecified atom stereocenters. The van der Waals surface area contributed by atoms with Gasteiger partial charge in [0.1, 0.15) is 5.78 Å². The van der Waals surface area contributed by atoms with Crippen molar-refractivity contribution < 1.29 is 4.79 Å². The molecule has 1 nitrogen and oxygen atoms in total. The summed E-state index contributed by atoms with van der Waals surface area (Å²) in [6, 6.07) is 0. The first kappa shape index (κ1) is 5.45. The van der Waals surface area contributed by atoms with E-state index in [4.69, 9.17) is 0 Å². The van der Waals surface area contributed by atoms with Gasteiger partial charge in [0.25, 0.3) is 0 Å². The summed E-state index contributed by atoms with van der Waals surface area (Å²) in [5, 5.41) is 0. The molecule has 0 heterocycles. The second-order valence-corrected chi connectivity index (χ2v) is 3.58. The minimum absolute atomic E-state index is 0.165. The maximum atomic E-state index is 11.0. The molecule has 0 amide bonds. The Morgan fingerprint density at radius 2 is 2.33 bits per heavy atom. The number of ketones is 1. The summed E-state index contributed by atoms with van der Waals surface area (Å²) in [6.07, 6.45) is 4.90. The summed E-state index contributed by atoms with van der Waals surface area (Å²) < 4.78 is 0. The van der Waals surface area contributed by atoms with Crippen molar-refractivity contribution in [3.8, 4) is 0 Å². The third-order valence-corrected chi connectivity index (χ3v) is 3.00. The molecule has 2 atom stereocenters. The number of fused-ring (bicyclic) bond motifs is 1. The van der Waals surface area contributed by atoms with Crippen molar-refractivity contribution in [2.24, 2.45) is 11.3 Å². The fourth-order valence-electron chi connectivity index (χ4n) is 2.12. The topological polar surface area (TPSA) is 17.1 Å². The Morgan fingerprint density at radius 1 is 1.56 bits per heavy atom. The molecule has 1 heteroatoms. The van der Waals surface area contributed by atoms with E-state index in [0.29, 0.717) is 11.7 Å². The highest BCUT2D eigenvalue weighted by atomic mass is 16.1. The van der Waals surface area contributed by atoms with Crippen molar-refractivity contribution in [2.75, 3.05) is 0 Å². The van der Waals surface area contributed by atoms with Crippen LogP contribution in [0.5, 0.6) is 0 Å². The van der Waals surface area contributed by atoms with Crippen LogP contribution in [0.15, 0.2) is 0 Å². The van der Waals surface area contributed by atoms with Crippen molar-refractivity contribution >= 4 is 5.78 Å². The van der Waals surface area contributed by atoms with Gasteiger partial charge in [-0.1, -0.05) is 19.8 Å². The summed E-state index contributed by atoms with van der Waals surface area (Å²) >= 11 is 0. The molecule has 0 aromatic carbocycles. The molecular formula is C8H12O. The lowest BCUT2D eigenvalue weighted by atomic mass is 9.90. The van der Waals surface area contributed by atoms with Gasteiger partial charge in [0, 0.05) is 11.3 Å². The fourth-order valence-corrected chi connectivity index (χ4v) is 2.12. The van der Waals surface area contributed by atoms with E-state index in [2.05, 4.69) is 6.92 Å². The zero-order chi connectivity index (χ0) is 6.48. The molecule has 2 aliphatic carbocycles. The third kappa shape index (κ3) is 0.525. The summed E-state index contributed by atoms with van der Waals surface area (Å²) in [4.78, 5) is 11.0. The van der Waals surface area contributed by atoms with E-state index in [0.717, 1.165) is 6.42 Å². The normalized spacial score (nSPS) is 48.6. The monoisotopic (exact) mass is 124 g/mol. The second-order valence-electron chi connectivity index (χ2n) is 3.58. The first-order chi connectivity index (χ1) is 4.25. The molecule has 0 aromatic rings. The quantitative estimate of drug-likeness (QED) is 0.481. The lowest BCUT2D eigenvalue weighted by Gasteiger charge is -2.12. The molecule has 0 N–H and O–H groups in total. The van der Waals surface area contributed by atoms with Gasteiger partial charge in [-0.05, 0) is 12.8 Å². The molecule has 2 aliphatic rings. The first-order valence-electron chi connectivity index (χ1n) is 3.79. The Morgan fingerprint density at radius 3 is 2.78 bits per heavy atom. The van der Waals surface area contributed by atoms with Crippen LogP contribution in [0, 0.1) is 11.3 Å². The number of carbonyl (C=O) groups is 1. The molecule has 0 aromatic heterocycles. The van der Waals surface area contributed by atoms with Crippen LogP contribution in [0.2, 0.25) is 0 Å². The maximum Gasteiger partial charge on any atom is 0.143 e. The second kappa shape index (κ2) is 1.39. The highest BCUT2D eigenvalue weighted by Gasteiger charge is 2.60. The molecule has 50 valence electrons. The van der Waals surface area contributed by atoms with Crippen molar-refractivity contribution in [1.82, 2.24) is 0 Å². The highest BCUT2D eigenvalue weighted by molar-refractivity contribution is 6.03. The van der Waals surface area contributed by atoms with Crippen LogP contribution in [0.1, 0.15) is 32.6 Å². The molecule has 2 saturated carbocycles. The van der Waals surface area contributed by atoms with Gasteiger partial charge < -0.3 is 0 Å². The zero-order valence-electron chi connectivity index (χ0n) is 5.81. The Balaban J connectivity index is 2.18. The molecule has 0 spiro atoms. The van der Waals surface area contributed by atoms with Crippen molar-refractivity contribution in [3.05, 3.63) is 0 Å². The number of hydrogen-bond acceptors (Lipinski definition) is 1. The van der Waals surface area contributed by atoms with Gasteiger partial charge in [0.2, 0.25) is 0 Å². The Bertz CT molecular complexity index is 162. The van der Waals surface area contributed by atoms with E-state index < -0.39 is 0 Å². The molecule has 0 radical (unpaired) electrons. The molecule has 2 rings (SSSR count). The molecular weight excluding hydrogens is 112 g/mol. The molecule has 0 bridgehead atoms.